The smallest absolute Gasteiger partial charge is 0.253 e. The summed E-state index contributed by atoms with van der Waals surface area (Å²) >= 11 is 5.90. The molecule has 2 amide bonds. The van der Waals surface area contributed by atoms with Crippen molar-refractivity contribution >= 4 is 29.1 Å². The Kier molecular flexibility index (Phi) is 6.18. The number of likely N-dealkylation sites (tertiary alicyclic amines) is 1. The molecule has 1 aliphatic rings. The zero-order chi connectivity index (χ0) is 21.2. The highest BCUT2D eigenvalue weighted by molar-refractivity contribution is 6.30. The van der Waals surface area contributed by atoms with E-state index in [1.54, 1.807) is 35.2 Å². The summed E-state index contributed by atoms with van der Waals surface area (Å²) in [5.41, 5.74) is 1.89. The number of phenols is 1. The van der Waals surface area contributed by atoms with Gasteiger partial charge < -0.3 is 15.3 Å². The maximum Gasteiger partial charge on any atom is 0.253 e. The number of halogens is 1. The first-order valence-electron chi connectivity index (χ1n) is 9.84. The molecule has 1 heterocycles. The van der Waals surface area contributed by atoms with E-state index in [4.69, 9.17) is 11.6 Å². The number of rotatable bonds is 3. The van der Waals surface area contributed by atoms with Crippen molar-refractivity contribution in [3.8, 4) is 5.75 Å². The number of benzene rings is 2. The van der Waals surface area contributed by atoms with Crippen LogP contribution in [-0.2, 0) is 10.2 Å². The van der Waals surface area contributed by atoms with Crippen molar-refractivity contribution in [2.75, 3.05) is 18.4 Å². The predicted octanol–water partition coefficient (Wildman–Crippen LogP) is 4.83. The van der Waals surface area contributed by atoms with Crippen molar-refractivity contribution in [1.82, 2.24) is 4.90 Å². The Hall–Kier alpha value is -2.53. The molecule has 1 fully saturated rings. The van der Waals surface area contributed by atoms with Crippen LogP contribution >= 0.6 is 11.6 Å². The standard InChI is InChI=1S/C23H27ClN2O3/c1-23(2,3)17-8-11-20(27)19(13-17)25-21(28)16-5-4-12-26(14-16)22(29)15-6-9-18(24)10-7-15/h6-11,13,16,27H,4-5,12,14H2,1-3H3,(H,25,28). The second kappa shape index (κ2) is 8.46. The molecule has 0 bridgehead atoms. The summed E-state index contributed by atoms with van der Waals surface area (Å²) in [6.07, 6.45) is 1.46. The Balaban J connectivity index is 1.70. The highest BCUT2D eigenvalue weighted by Crippen LogP contribution is 2.31. The molecule has 0 spiro atoms. The molecule has 29 heavy (non-hydrogen) atoms. The Labute approximate surface area is 176 Å². The number of anilines is 1. The van der Waals surface area contributed by atoms with Crippen LogP contribution in [0, 0.1) is 5.92 Å². The fourth-order valence-corrected chi connectivity index (χ4v) is 3.61. The number of nitrogens with zero attached hydrogens (tertiary/aromatic N) is 1. The molecule has 1 aliphatic heterocycles. The van der Waals surface area contributed by atoms with Crippen LogP contribution in [0.5, 0.6) is 5.75 Å². The molecule has 1 atom stereocenters. The van der Waals surface area contributed by atoms with E-state index in [0.29, 0.717) is 35.8 Å². The molecular weight excluding hydrogens is 388 g/mol. The topological polar surface area (TPSA) is 69.6 Å². The second-order valence-electron chi connectivity index (χ2n) is 8.57. The van der Waals surface area contributed by atoms with Gasteiger partial charge in [-0.3, -0.25) is 9.59 Å². The Morgan fingerprint density at radius 3 is 2.48 bits per heavy atom. The number of phenolic OH excluding ortho intramolecular Hbond substituents is 1. The van der Waals surface area contributed by atoms with Crippen molar-refractivity contribution < 1.29 is 14.7 Å². The molecule has 2 aromatic carbocycles. The minimum atomic E-state index is -0.322. The van der Waals surface area contributed by atoms with Gasteiger partial charge in [0.25, 0.3) is 5.91 Å². The van der Waals surface area contributed by atoms with Crippen LogP contribution in [0.25, 0.3) is 0 Å². The van der Waals surface area contributed by atoms with E-state index in [0.717, 1.165) is 12.0 Å². The lowest BCUT2D eigenvalue weighted by molar-refractivity contribution is -0.121. The van der Waals surface area contributed by atoms with Gasteiger partial charge in [-0.25, -0.2) is 0 Å². The predicted molar refractivity (Wildman–Crippen MR) is 116 cm³/mol. The van der Waals surface area contributed by atoms with Crippen LogP contribution in [0.1, 0.15) is 49.5 Å². The van der Waals surface area contributed by atoms with E-state index < -0.39 is 0 Å². The zero-order valence-corrected chi connectivity index (χ0v) is 17.8. The van der Waals surface area contributed by atoms with Crippen molar-refractivity contribution in [2.45, 2.75) is 39.0 Å². The van der Waals surface area contributed by atoms with Gasteiger partial charge in [0.15, 0.2) is 0 Å². The van der Waals surface area contributed by atoms with Crippen LogP contribution in [0.4, 0.5) is 5.69 Å². The number of aromatic hydroxyl groups is 1. The molecule has 5 nitrogen and oxygen atoms in total. The average Bonchev–Trinajstić information content (AvgIpc) is 2.69. The average molecular weight is 415 g/mol. The largest absolute Gasteiger partial charge is 0.506 e. The summed E-state index contributed by atoms with van der Waals surface area (Å²) in [5.74, 6) is -0.564. The van der Waals surface area contributed by atoms with Crippen molar-refractivity contribution in [2.24, 2.45) is 5.92 Å². The number of carbonyl (C=O) groups excluding carboxylic acids is 2. The molecule has 0 aromatic heterocycles. The van der Waals surface area contributed by atoms with Crippen molar-refractivity contribution in [3.05, 3.63) is 58.6 Å². The minimum absolute atomic E-state index is 0.0382. The molecule has 0 aliphatic carbocycles. The first kappa shape index (κ1) is 21.2. The quantitative estimate of drug-likeness (QED) is 0.706. The molecule has 154 valence electrons. The summed E-state index contributed by atoms with van der Waals surface area (Å²) in [6.45, 7) is 7.20. The van der Waals surface area contributed by atoms with Crippen LogP contribution in [0.2, 0.25) is 5.02 Å². The lowest BCUT2D eigenvalue weighted by atomic mass is 9.86. The number of piperidine rings is 1. The third-order valence-corrected chi connectivity index (χ3v) is 5.54. The molecule has 3 rings (SSSR count). The van der Waals surface area contributed by atoms with E-state index in [9.17, 15) is 14.7 Å². The monoisotopic (exact) mass is 414 g/mol. The Morgan fingerprint density at radius 2 is 1.83 bits per heavy atom. The van der Waals surface area contributed by atoms with Gasteiger partial charge in [-0.1, -0.05) is 38.4 Å². The molecular formula is C23H27ClN2O3. The number of hydrogen-bond acceptors (Lipinski definition) is 3. The molecule has 0 radical (unpaired) electrons. The summed E-state index contributed by atoms with van der Waals surface area (Å²) in [5, 5.41) is 13.6. The fraction of sp³-hybridized carbons (Fsp3) is 0.391. The minimum Gasteiger partial charge on any atom is -0.506 e. The fourth-order valence-electron chi connectivity index (χ4n) is 3.49. The van der Waals surface area contributed by atoms with E-state index in [1.165, 1.54) is 0 Å². The Morgan fingerprint density at radius 1 is 1.14 bits per heavy atom. The van der Waals surface area contributed by atoms with Gasteiger partial charge in [0.2, 0.25) is 5.91 Å². The lowest BCUT2D eigenvalue weighted by Gasteiger charge is -2.32. The molecule has 6 heteroatoms. The molecule has 0 saturated carbocycles. The second-order valence-corrected chi connectivity index (χ2v) is 9.00. The summed E-state index contributed by atoms with van der Waals surface area (Å²) < 4.78 is 0. The van der Waals surface area contributed by atoms with Crippen molar-refractivity contribution in [1.29, 1.82) is 0 Å². The van der Waals surface area contributed by atoms with Gasteiger partial charge in [0.05, 0.1) is 11.6 Å². The first-order valence-corrected chi connectivity index (χ1v) is 10.2. The van der Waals surface area contributed by atoms with Crippen molar-refractivity contribution in [3.63, 3.8) is 0 Å². The van der Waals surface area contributed by atoms with Gasteiger partial charge in [-0.15, -0.1) is 0 Å². The molecule has 2 aromatic rings. The summed E-state index contributed by atoms with van der Waals surface area (Å²) in [7, 11) is 0. The number of carbonyl (C=O) groups is 2. The molecule has 1 unspecified atom stereocenters. The molecule has 2 N–H and O–H groups in total. The van der Waals surface area contributed by atoms with Gasteiger partial charge in [0.1, 0.15) is 5.75 Å². The number of amides is 2. The summed E-state index contributed by atoms with van der Waals surface area (Å²) in [6, 6.07) is 12.1. The van der Waals surface area contributed by atoms with Gasteiger partial charge >= 0.3 is 0 Å². The van der Waals surface area contributed by atoms with E-state index in [-0.39, 0.29) is 28.9 Å². The van der Waals surface area contributed by atoms with Crippen LogP contribution in [0.15, 0.2) is 42.5 Å². The molecule has 1 saturated heterocycles. The van der Waals surface area contributed by atoms with Crippen LogP contribution < -0.4 is 5.32 Å². The first-order chi connectivity index (χ1) is 13.6. The van der Waals surface area contributed by atoms with E-state index >= 15 is 0 Å². The summed E-state index contributed by atoms with van der Waals surface area (Å²) in [4.78, 5) is 27.3. The van der Waals surface area contributed by atoms with E-state index in [2.05, 4.69) is 26.1 Å². The third-order valence-electron chi connectivity index (χ3n) is 5.29. The number of hydrogen-bond donors (Lipinski definition) is 2. The highest BCUT2D eigenvalue weighted by Gasteiger charge is 2.29. The number of nitrogens with one attached hydrogen (secondary N) is 1. The zero-order valence-electron chi connectivity index (χ0n) is 17.0. The van der Waals surface area contributed by atoms with E-state index in [1.807, 2.05) is 12.1 Å². The van der Waals surface area contributed by atoms with Gasteiger partial charge in [-0.05, 0) is 60.2 Å². The highest BCUT2D eigenvalue weighted by atomic mass is 35.5. The maximum atomic E-state index is 12.9. The SMILES string of the molecule is CC(C)(C)c1ccc(O)c(NC(=O)C2CCCN(C(=O)c3ccc(Cl)cc3)C2)c1. The third kappa shape index (κ3) is 5.10. The van der Waals surface area contributed by atoms with Gasteiger partial charge in [-0.2, -0.15) is 0 Å². The van der Waals surface area contributed by atoms with Crippen LogP contribution in [0.3, 0.4) is 0 Å². The lowest BCUT2D eigenvalue weighted by Crippen LogP contribution is -2.43. The maximum absolute atomic E-state index is 12.9. The Bertz CT molecular complexity index is 903. The normalized spacial score (nSPS) is 17.1. The van der Waals surface area contributed by atoms with Crippen LogP contribution in [-0.4, -0.2) is 34.9 Å². The van der Waals surface area contributed by atoms with Gasteiger partial charge in [0, 0.05) is 23.7 Å².